The van der Waals surface area contributed by atoms with Gasteiger partial charge >= 0.3 is 0 Å². The lowest BCUT2D eigenvalue weighted by atomic mass is 10.1. The van der Waals surface area contributed by atoms with Crippen LogP contribution in [-0.2, 0) is 11.2 Å². The van der Waals surface area contributed by atoms with E-state index < -0.39 is 0 Å². The molecule has 142 valence electrons. The molecule has 0 spiro atoms. The van der Waals surface area contributed by atoms with Crippen LogP contribution in [0, 0.1) is 0 Å². The average Bonchev–Trinajstić information content (AvgIpc) is 3.12. The molecule has 4 aromatic rings. The van der Waals surface area contributed by atoms with Crippen molar-refractivity contribution in [1.82, 2.24) is 20.5 Å². The molecule has 0 radical (unpaired) electrons. The Balaban J connectivity index is 1.27. The quantitative estimate of drug-likeness (QED) is 0.373. The Hall–Kier alpha value is -3.61. The molecule has 0 aliphatic rings. The SMILES string of the molecule is O=C(Cc1c[nH]c2ccccc12)NCCCNc1n[nH]c(=O)c2ccccc12. The first-order valence-corrected chi connectivity index (χ1v) is 9.25. The third-order valence-corrected chi connectivity index (χ3v) is 4.69. The van der Waals surface area contributed by atoms with Crippen LogP contribution in [0.25, 0.3) is 21.7 Å². The zero-order valence-electron chi connectivity index (χ0n) is 15.3. The fourth-order valence-corrected chi connectivity index (χ4v) is 3.29. The van der Waals surface area contributed by atoms with Gasteiger partial charge in [0.2, 0.25) is 5.91 Å². The van der Waals surface area contributed by atoms with Crippen LogP contribution in [0.4, 0.5) is 5.82 Å². The molecule has 7 heteroatoms. The number of hydrogen-bond donors (Lipinski definition) is 4. The molecule has 0 unspecified atom stereocenters. The van der Waals surface area contributed by atoms with Gasteiger partial charge in [-0.25, -0.2) is 5.10 Å². The Labute approximate surface area is 161 Å². The number of rotatable bonds is 7. The van der Waals surface area contributed by atoms with Crippen LogP contribution in [0.15, 0.2) is 59.5 Å². The zero-order valence-corrected chi connectivity index (χ0v) is 15.3. The monoisotopic (exact) mass is 375 g/mol. The first-order chi connectivity index (χ1) is 13.7. The molecule has 0 fully saturated rings. The van der Waals surface area contributed by atoms with Gasteiger partial charge in [-0.1, -0.05) is 36.4 Å². The third-order valence-electron chi connectivity index (χ3n) is 4.69. The minimum Gasteiger partial charge on any atom is -0.368 e. The molecule has 0 saturated heterocycles. The second kappa shape index (κ2) is 7.96. The molecule has 4 N–H and O–H groups in total. The van der Waals surface area contributed by atoms with Crippen LogP contribution in [0.3, 0.4) is 0 Å². The highest BCUT2D eigenvalue weighted by molar-refractivity contribution is 5.91. The Bertz CT molecular complexity index is 1180. The van der Waals surface area contributed by atoms with E-state index in [0.29, 0.717) is 30.7 Å². The minimum absolute atomic E-state index is 0.00244. The number of hydrogen-bond acceptors (Lipinski definition) is 4. The lowest BCUT2D eigenvalue weighted by molar-refractivity contribution is -0.120. The van der Waals surface area contributed by atoms with E-state index in [1.807, 2.05) is 48.7 Å². The third kappa shape index (κ3) is 3.73. The number of carbonyl (C=O) groups excluding carboxylic acids is 1. The molecule has 7 nitrogen and oxygen atoms in total. The van der Waals surface area contributed by atoms with Gasteiger partial charge in [-0.15, -0.1) is 0 Å². The number of benzene rings is 2. The van der Waals surface area contributed by atoms with Gasteiger partial charge in [0.25, 0.3) is 5.56 Å². The fraction of sp³-hybridized carbons (Fsp3) is 0.190. The highest BCUT2D eigenvalue weighted by Gasteiger charge is 2.08. The summed E-state index contributed by atoms with van der Waals surface area (Å²) in [5.41, 5.74) is 1.83. The lowest BCUT2D eigenvalue weighted by Gasteiger charge is -2.09. The molecule has 0 atom stereocenters. The summed E-state index contributed by atoms with van der Waals surface area (Å²) < 4.78 is 0. The number of H-pyrrole nitrogens is 2. The molecule has 28 heavy (non-hydrogen) atoms. The van der Waals surface area contributed by atoms with Crippen molar-refractivity contribution in [2.45, 2.75) is 12.8 Å². The van der Waals surface area contributed by atoms with Gasteiger partial charge in [-0.05, 0) is 24.1 Å². The number of nitrogens with zero attached hydrogens (tertiary/aromatic N) is 1. The van der Waals surface area contributed by atoms with Gasteiger partial charge in [0.15, 0.2) is 5.82 Å². The summed E-state index contributed by atoms with van der Waals surface area (Å²) >= 11 is 0. The van der Waals surface area contributed by atoms with Crippen LogP contribution in [0.1, 0.15) is 12.0 Å². The molecule has 0 aliphatic carbocycles. The fourth-order valence-electron chi connectivity index (χ4n) is 3.29. The van der Waals surface area contributed by atoms with Crippen LogP contribution >= 0.6 is 0 Å². The minimum atomic E-state index is -0.203. The molecule has 2 aromatic heterocycles. The number of aromatic amines is 2. The molecule has 2 aromatic carbocycles. The van der Waals surface area contributed by atoms with Crippen LogP contribution in [0.5, 0.6) is 0 Å². The second-order valence-corrected chi connectivity index (χ2v) is 6.61. The van der Waals surface area contributed by atoms with Crippen molar-refractivity contribution in [3.63, 3.8) is 0 Å². The molecule has 0 saturated carbocycles. The smallest absolute Gasteiger partial charge is 0.272 e. The molecule has 0 bridgehead atoms. The van der Waals surface area contributed by atoms with E-state index in [1.54, 1.807) is 6.07 Å². The zero-order chi connectivity index (χ0) is 19.3. The van der Waals surface area contributed by atoms with Gasteiger partial charge in [0, 0.05) is 35.6 Å². The van der Waals surface area contributed by atoms with E-state index in [2.05, 4.69) is 25.8 Å². The molecular formula is C21H21N5O2. The highest BCUT2D eigenvalue weighted by Crippen LogP contribution is 2.18. The Morgan fingerprint density at radius 3 is 2.57 bits per heavy atom. The Kier molecular flexibility index (Phi) is 5.05. The van der Waals surface area contributed by atoms with E-state index in [4.69, 9.17) is 0 Å². The van der Waals surface area contributed by atoms with Gasteiger partial charge in [0.05, 0.1) is 11.8 Å². The Morgan fingerprint density at radius 1 is 0.964 bits per heavy atom. The van der Waals surface area contributed by atoms with Gasteiger partial charge in [-0.3, -0.25) is 9.59 Å². The number of nitrogens with one attached hydrogen (secondary N) is 4. The topological polar surface area (TPSA) is 103 Å². The summed E-state index contributed by atoms with van der Waals surface area (Å²) in [4.78, 5) is 27.2. The van der Waals surface area contributed by atoms with Gasteiger partial charge in [-0.2, -0.15) is 5.10 Å². The summed E-state index contributed by atoms with van der Waals surface area (Å²) in [7, 11) is 0. The molecule has 4 rings (SSSR count). The second-order valence-electron chi connectivity index (χ2n) is 6.61. The van der Waals surface area contributed by atoms with Crippen molar-refractivity contribution < 1.29 is 4.79 Å². The van der Waals surface area contributed by atoms with Crippen LogP contribution in [0.2, 0.25) is 0 Å². The molecule has 0 aliphatic heterocycles. The first-order valence-electron chi connectivity index (χ1n) is 9.25. The molecular weight excluding hydrogens is 354 g/mol. The number of aromatic nitrogens is 3. The largest absolute Gasteiger partial charge is 0.368 e. The highest BCUT2D eigenvalue weighted by atomic mass is 16.1. The van der Waals surface area contributed by atoms with E-state index in [-0.39, 0.29) is 11.5 Å². The van der Waals surface area contributed by atoms with E-state index in [1.165, 1.54) is 0 Å². The first kappa shape index (κ1) is 17.8. The van der Waals surface area contributed by atoms with E-state index in [0.717, 1.165) is 28.3 Å². The number of fused-ring (bicyclic) bond motifs is 2. The van der Waals surface area contributed by atoms with Crippen LogP contribution < -0.4 is 16.2 Å². The molecule has 1 amide bonds. The van der Waals surface area contributed by atoms with Crippen molar-refractivity contribution >= 4 is 33.4 Å². The van der Waals surface area contributed by atoms with Crippen LogP contribution in [-0.4, -0.2) is 34.2 Å². The van der Waals surface area contributed by atoms with Gasteiger partial charge < -0.3 is 15.6 Å². The van der Waals surface area contributed by atoms with Crippen molar-refractivity contribution in [2.75, 3.05) is 18.4 Å². The standard InChI is InChI=1S/C21H21N5O2/c27-19(12-14-13-24-18-9-4-3-6-15(14)18)22-10-5-11-23-20-16-7-1-2-8-17(16)21(28)26-25-20/h1-4,6-9,13,24H,5,10-12H2,(H,22,27)(H,23,25)(H,26,28). The van der Waals surface area contributed by atoms with E-state index >= 15 is 0 Å². The maximum Gasteiger partial charge on any atom is 0.272 e. The van der Waals surface area contributed by atoms with Crippen molar-refractivity contribution in [2.24, 2.45) is 0 Å². The lowest BCUT2D eigenvalue weighted by Crippen LogP contribution is -2.27. The van der Waals surface area contributed by atoms with Crippen molar-refractivity contribution in [1.29, 1.82) is 0 Å². The summed E-state index contributed by atoms with van der Waals surface area (Å²) in [5, 5.41) is 15.2. The summed E-state index contributed by atoms with van der Waals surface area (Å²) in [6.07, 6.45) is 2.98. The number of para-hydroxylation sites is 1. The van der Waals surface area contributed by atoms with Crippen molar-refractivity contribution in [3.05, 3.63) is 70.6 Å². The Morgan fingerprint density at radius 2 is 1.71 bits per heavy atom. The number of anilines is 1. The molecule has 2 heterocycles. The number of carbonyl (C=O) groups is 1. The predicted molar refractivity (Wildman–Crippen MR) is 110 cm³/mol. The van der Waals surface area contributed by atoms with Crippen molar-refractivity contribution in [3.8, 4) is 0 Å². The maximum atomic E-state index is 12.2. The number of amides is 1. The average molecular weight is 375 g/mol. The maximum absolute atomic E-state index is 12.2. The normalized spacial score (nSPS) is 11.0. The van der Waals surface area contributed by atoms with E-state index in [9.17, 15) is 9.59 Å². The summed E-state index contributed by atoms with van der Waals surface area (Å²) in [6, 6.07) is 15.3. The summed E-state index contributed by atoms with van der Waals surface area (Å²) in [5.74, 6) is 0.637. The predicted octanol–water partition coefficient (Wildman–Crippen LogP) is 2.57. The summed E-state index contributed by atoms with van der Waals surface area (Å²) in [6.45, 7) is 1.20. The van der Waals surface area contributed by atoms with Gasteiger partial charge in [0.1, 0.15) is 0 Å².